The lowest BCUT2D eigenvalue weighted by molar-refractivity contribution is -0.490. The molecule has 0 fully saturated rings. The zero-order chi connectivity index (χ0) is 17.0. The van der Waals surface area contributed by atoms with Gasteiger partial charge in [-0.05, 0) is 23.1 Å². The normalized spacial score (nSPS) is 17.8. The molecule has 1 aromatic rings. The molecular formula is C17H17N3O2S. The molecular weight excluding hydrogens is 310 g/mol. The molecule has 1 aliphatic rings. The van der Waals surface area contributed by atoms with Gasteiger partial charge in [0.05, 0.1) is 0 Å². The Morgan fingerprint density at radius 3 is 2.61 bits per heavy atom. The molecule has 23 heavy (non-hydrogen) atoms. The molecule has 0 radical (unpaired) electrons. The number of rotatable bonds is 4. The molecule has 118 valence electrons. The van der Waals surface area contributed by atoms with E-state index in [9.17, 15) is 20.6 Å². The van der Waals surface area contributed by atoms with Crippen molar-refractivity contribution >= 4 is 17.3 Å². The van der Waals surface area contributed by atoms with E-state index in [1.54, 1.807) is 11.8 Å². The van der Waals surface area contributed by atoms with Gasteiger partial charge in [0, 0.05) is 27.4 Å². The van der Waals surface area contributed by atoms with Crippen LogP contribution in [0.15, 0.2) is 34.7 Å². The summed E-state index contributed by atoms with van der Waals surface area (Å²) in [7, 11) is 0. The molecule has 0 bridgehead atoms. The molecule has 0 saturated carbocycles. The summed E-state index contributed by atoms with van der Waals surface area (Å²) >= 11 is 1.64. The molecule has 0 spiro atoms. The monoisotopic (exact) mass is 327 g/mol. The standard InChI is InChI=1S/C17H17N3O2S/c1-11(2)14(9-20(21)22)15-10-23-16-6-4-3-5-13(16)17(15)12(7-18)8-19/h3-6,11,14-15H,9-10H2,1-2H3. The van der Waals surface area contributed by atoms with Crippen LogP contribution in [-0.2, 0) is 0 Å². The Hall–Kier alpha value is -2.31. The molecule has 0 N–H and O–H groups in total. The van der Waals surface area contributed by atoms with Crippen molar-refractivity contribution in [2.75, 3.05) is 12.3 Å². The van der Waals surface area contributed by atoms with Crippen LogP contribution in [-0.4, -0.2) is 17.2 Å². The number of allylic oxidation sites excluding steroid dienone is 2. The van der Waals surface area contributed by atoms with E-state index in [1.807, 2.05) is 50.3 Å². The minimum atomic E-state index is -0.300. The van der Waals surface area contributed by atoms with E-state index in [2.05, 4.69) is 0 Å². The third-order valence-electron chi connectivity index (χ3n) is 4.19. The fraction of sp³-hybridized carbons (Fsp3) is 0.412. The maximum Gasteiger partial charge on any atom is 0.207 e. The van der Waals surface area contributed by atoms with Gasteiger partial charge in [0.15, 0.2) is 0 Å². The van der Waals surface area contributed by atoms with Crippen molar-refractivity contribution in [1.82, 2.24) is 0 Å². The van der Waals surface area contributed by atoms with Crippen molar-refractivity contribution in [2.24, 2.45) is 17.8 Å². The molecule has 2 atom stereocenters. The fourth-order valence-corrected chi connectivity index (χ4v) is 4.34. The van der Waals surface area contributed by atoms with Gasteiger partial charge in [-0.15, -0.1) is 11.8 Å². The third kappa shape index (κ3) is 3.55. The van der Waals surface area contributed by atoms with Gasteiger partial charge in [0.2, 0.25) is 6.54 Å². The summed E-state index contributed by atoms with van der Waals surface area (Å²) in [6.45, 7) is 3.75. The molecule has 0 aromatic heterocycles. The van der Waals surface area contributed by atoms with Crippen molar-refractivity contribution in [2.45, 2.75) is 18.7 Å². The Kier molecular flexibility index (Phi) is 5.41. The van der Waals surface area contributed by atoms with E-state index in [0.717, 1.165) is 10.5 Å². The number of thioether (sulfide) groups is 1. The second-order valence-corrected chi connectivity index (χ2v) is 6.91. The van der Waals surface area contributed by atoms with Crippen LogP contribution in [0.1, 0.15) is 19.4 Å². The van der Waals surface area contributed by atoms with Crippen molar-refractivity contribution in [3.8, 4) is 12.1 Å². The number of nitrogens with zero attached hydrogens (tertiary/aromatic N) is 3. The number of nitriles is 2. The number of benzene rings is 1. The zero-order valence-electron chi connectivity index (χ0n) is 13.0. The van der Waals surface area contributed by atoms with E-state index in [0.29, 0.717) is 11.3 Å². The topological polar surface area (TPSA) is 90.7 Å². The zero-order valence-corrected chi connectivity index (χ0v) is 13.8. The van der Waals surface area contributed by atoms with Crippen LogP contribution in [0.5, 0.6) is 0 Å². The Balaban J connectivity index is 2.60. The van der Waals surface area contributed by atoms with Gasteiger partial charge < -0.3 is 0 Å². The number of hydrogen-bond donors (Lipinski definition) is 0. The summed E-state index contributed by atoms with van der Waals surface area (Å²) in [5, 5.41) is 29.8. The summed E-state index contributed by atoms with van der Waals surface area (Å²) in [5.41, 5.74) is 1.60. The van der Waals surface area contributed by atoms with Crippen molar-refractivity contribution < 1.29 is 4.92 Å². The molecule has 2 rings (SSSR count). The first-order valence-corrected chi connectivity index (χ1v) is 8.36. The maximum atomic E-state index is 11.1. The lowest BCUT2D eigenvalue weighted by Gasteiger charge is -2.33. The van der Waals surface area contributed by atoms with Crippen LogP contribution in [0.4, 0.5) is 0 Å². The molecule has 0 saturated heterocycles. The van der Waals surface area contributed by atoms with Crippen LogP contribution < -0.4 is 0 Å². The Morgan fingerprint density at radius 2 is 2.04 bits per heavy atom. The Bertz CT molecular complexity index is 712. The molecule has 1 heterocycles. The Labute approximate surface area is 139 Å². The van der Waals surface area contributed by atoms with Gasteiger partial charge in [0.25, 0.3) is 0 Å². The average Bonchev–Trinajstić information content (AvgIpc) is 2.53. The highest BCUT2D eigenvalue weighted by Crippen LogP contribution is 2.46. The first-order valence-electron chi connectivity index (χ1n) is 7.38. The molecule has 6 heteroatoms. The molecule has 0 aliphatic carbocycles. The van der Waals surface area contributed by atoms with Crippen LogP contribution in [0, 0.1) is 50.5 Å². The minimum absolute atomic E-state index is 0.0664. The van der Waals surface area contributed by atoms with Gasteiger partial charge in [0.1, 0.15) is 17.7 Å². The van der Waals surface area contributed by atoms with Gasteiger partial charge >= 0.3 is 0 Å². The predicted octanol–water partition coefficient (Wildman–Crippen LogP) is 3.76. The molecule has 1 aromatic carbocycles. The lowest BCUT2D eigenvalue weighted by Crippen LogP contribution is -2.32. The van der Waals surface area contributed by atoms with E-state index < -0.39 is 0 Å². The smallest absolute Gasteiger partial charge is 0.207 e. The number of fused-ring (bicyclic) bond motifs is 1. The summed E-state index contributed by atoms with van der Waals surface area (Å²) in [6.07, 6.45) is 0. The van der Waals surface area contributed by atoms with E-state index in [4.69, 9.17) is 0 Å². The minimum Gasteiger partial charge on any atom is -0.265 e. The maximum absolute atomic E-state index is 11.1. The van der Waals surface area contributed by atoms with Crippen molar-refractivity contribution in [3.05, 3.63) is 45.5 Å². The van der Waals surface area contributed by atoms with Crippen LogP contribution in [0.25, 0.3) is 5.57 Å². The summed E-state index contributed by atoms with van der Waals surface area (Å²) < 4.78 is 0. The molecule has 1 aliphatic heterocycles. The highest BCUT2D eigenvalue weighted by atomic mass is 32.2. The van der Waals surface area contributed by atoms with Gasteiger partial charge in [-0.2, -0.15) is 10.5 Å². The summed E-state index contributed by atoms with van der Waals surface area (Å²) in [6, 6.07) is 11.6. The first-order chi connectivity index (χ1) is 11.0. The summed E-state index contributed by atoms with van der Waals surface area (Å²) in [4.78, 5) is 11.8. The summed E-state index contributed by atoms with van der Waals surface area (Å²) in [5.74, 6) is 0.354. The third-order valence-corrected chi connectivity index (χ3v) is 5.39. The molecule has 2 unspecified atom stereocenters. The largest absolute Gasteiger partial charge is 0.265 e. The van der Waals surface area contributed by atoms with Gasteiger partial charge in [-0.1, -0.05) is 32.0 Å². The highest BCUT2D eigenvalue weighted by molar-refractivity contribution is 7.99. The van der Waals surface area contributed by atoms with E-state index in [1.165, 1.54) is 0 Å². The fourth-order valence-electron chi connectivity index (χ4n) is 3.06. The molecule has 5 nitrogen and oxygen atoms in total. The quantitative estimate of drug-likeness (QED) is 0.477. The average molecular weight is 327 g/mol. The number of hydrogen-bond acceptors (Lipinski definition) is 5. The Morgan fingerprint density at radius 1 is 1.39 bits per heavy atom. The number of nitro groups is 1. The van der Waals surface area contributed by atoms with Crippen LogP contribution in [0.2, 0.25) is 0 Å². The second-order valence-electron chi connectivity index (χ2n) is 5.85. The lowest BCUT2D eigenvalue weighted by atomic mass is 9.76. The molecule has 0 amide bonds. The van der Waals surface area contributed by atoms with Gasteiger partial charge in [-0.25, -0.2) is 0 Å². The van der Waals surface area contributed by atoms with Crippen LogP contribution in [0.3, 0.4) is 0 Å². The van der Waals surface area contributed by atoms with E-state index in [-0.39, 0.29) is 34.8 Å². The first kappa shape index (κ1) is 17.1. The van der Waals surface area contributed by atoms with Gasteiger partial charge in [-0.3, -0.25) is 10.1 Å². The highest BCUT2D eigenvalue weighted by Gasteiger charge is 2.37. The van der Waals surface area contributed by atoms with Crippen LogP contribution >= 0.6 is 11.8 Å². The van der Waals surface area contributed by atoms with Crippen molar-refractivity contribution in [1.29, 1.82) is 10.5 Å². The predicted molar refractivity (Wildman–Crippen MR) is 89.0 cm³/mol. The second kappa shape index (κ2) is 7.30. The SMILES string of the molecule is CC(C)C(C[N+](=O)[O-])C1CSc2ccccc2C1=C(C#N)C#N. The van der Waals surface area contributed by atoms with Crippen molar-refractivity contribution in [3.63, 3.8) is 0 Å². The van der Waals surface area contributed by atoms with E-state index >= 15 is 0 Å².